The van der Waals surface area contributed by atoms with E-state index in [-0.39, 0.29) is 25.8 Å². The zero-order valence-electron chi connectivity index (χ0n) is 10.9. The molecule has 1 aromatic rings. The molecular formula is C13H19ClN2O3. The van der Waals surface area contributed by atoms with Crippen LogP contribution in [-0.2, 0) is 0 Å². The van der Waals surface area contributed by atoms with E-state index in [9.17, 15) is 4.79 Å². The van der Waals surface area contributed by atoms with Crippen molar-refractivity contribution >= 4 is 23.3 Å². The van der Waals surface area contributed by atoms with E-state index in [1.165, 1.54) is 4.90 Å². The summed E-state index contributed by atoms with van der Waals surface area (Å²) in [6.07, 6.45) is 0.479. The lowest BCUT2D eigenvalue weighted by atomic mass is 10.2. The highest BCUT2D eigenvalue weighted by Gasteiger charge is 2.13. The number of nitrogens with zero attached hydrogens (tertiary/aromatic N) is 1. The number of nitrogens with one attached hydrogen (secondary N) is 1. The van der Waals surface area contributed by atoms with Crippen molar-refractivity contribution in [1.82, 2.24) is 4.90 Å². The molecule has 0 saturated carbocycles. The van der Waals surface area contributed by atoms with Crippen molar-refractivity contribution in [3.63, 3.8) is 0 Å². The fourth-order valence-electron chi connectivity index (χ4n) is 1.66. The third-order valence-electron chi connectivity index (χ3n) is 2.67. The molecule has 2 amide bonds. The van der Waals surface area contributed by atoms with Crippen LogP contribution in [0.5, 0.6) is 0 Å². The van der Waals surface area contributed by atoms with E-state index >= 15 is 0 Å². The number of urea groups is 1. The van der Waals surface area contributed by atoms with Crippen LogP contribution < -0.4 is 5.32 Å². The van der Waals surface area contributed by atoms with E-state index in [0.717, 1.165) is 5.56 Å². The lowest BCUT2D eigenvalue weighted by molar-refractivity contribution is 0.180. The molecule has 1 aromatic carbocycles. The van der Waals surface area contributed by atoms with Crippen LogP contribution in [0.25, 0.3) is 0 Å². The van der Waals surface area contributed by atoms with E-state index < -0.39 is 0 Å². The number of hydrogen-bond acceptors (Lipinski definition) is 3. The van der Waals surface area contributed by atoms with Gasteiger partial charge in [0.2, 0.25) is 0 Å². The average molecular weight is 287 g/mol. The number of aryl methyl sites for hydroxylation is 1. The Bertz CT molecular complexity index is 426. The summed E-state index contributed by atoms with van der Waals surface area (Å²) in [4.78, 5) is 13.5. The van der Waals surface area contributed by atoms with Gasteiger partial charge in [-0.25, -0.2) is 4.79 Å². The summed E-state index contributed by atoms with van der Waals surface area (Å²) >= 11 is 5.85. The molecule has 6 heteroatoms. The van der Waals surface area contributed by atoms with Gasteiger partial charge in [-0.1, -0.05) is 11.6 Å². The highest BCUT2D eigenvalue weighted by atomic mass is 35.5. The predicted octanol–water partition coefficient (Wildman–Crippen LogP) is 1.86. The smallest absolute Gasteiger partial charge is 0.321 e. The van der Waals surface area contributed by atoms with Gasteiger partial charge in [-0.15, -0.1) is 0 Å². The van der Waals surface area contributed by atoms with Crippen LogP contribution in [-0.4, -0.2) is 47.4 Å². The molecule has 0 atom stereocenters. The summed E-state index contributed by atoms with van der Waals surface area (Å²) in [5.41, 5.74) is 1.55. The molecule has 1 rings (SSSR count). The van der Waals surface area contributed by atoms with E-state index in [1.54, 1.807) is 18.2 Å². The van der Waals surface area contributed by atoms with Gasteiger partial charge in [-0.2, -0.15) is 0 Å². The first-order valence-corrected chi connectivity index (χ1v) is 6.50. The van der Waals surface area contributed by atoms with Gasteiger partial charge in [-0.3, -0.25) is 0 Å². The molecule has 0 aromatic heterocycles. The molecule has 0 fully saturated rings. The molecule has 0 radical (unpaired) electrons. The van der Waals surface area contributed by atoms with Crippen molar-refractivity contribution in [2.75, 3.05) is 31.6 Å². The van der Waals surface area contributed by atoms with Crippen molar-refractivity contribution in [1.29, 1.82) is 0 Å². The van der Waals surface area contributed by atoms with Crippen LogP contribution in [0.1, 0.15) is 12.0 Å². The SMILES string of the molecule is Cc1cc(Cl)ccc1NC(=O)N(CCO)CCCO. The molecule has 19 heavy (non-hydrogen) atoms. The summed E-state index contributed by atoms with van der Waals surface area (Å²) in [6.45, 7) is 2.38. The van der Waals surface area contributed by atoms with Gasteiger partial charge in [0.1, 0.15) is 0 Å². The second-order valence-corrected chi connectivity index (χ2v) is 4.61. The minimum Gasteiger partial charge on any atom is -0.396 e. The molecule has 5 nitrogen and oxygen atoms in total. The first-order valence-electron chi connectivity index (χ1n) is 6.12. The lowest BCUT2D eigenvalue weighted by Gasteiger charge is -2.22. The van der Waals surface area contributed by atoms with Crippen molar-refractivity contribution < 1.29 is 15.0 Å². The van der Waals surface area contributed by atoms with Crippen LogP contribution >= 0.6 is 11.6 Å². The molecule has 0 saturated heterocycles. The van der Waals surface area contributed by atoms with Gasteiger partial charge in [0.05, 0.1) is 6.61 Å². The van der Waals surface area contributed by atoms with Crippen LogP contribution in [0.15, 0.2) is 18.2 Å². The second kappa shape index (κ2) is 7.99. The molecule has 0 heterocycles. The maximum atomic E-state index is 12.0. The second-order valence-electron chi connectivity index (χ2n) is 4.18. The number of anilines is 1. The number of benzene rings is 1. The number of aliphatic hydroxyl groups excluding tert-OH is 2. The first kappa shape index (κ1) is 15.8. The minimum atomic E-state index is -0.298. The Labute approximate surface area is 117 Å². The fraction of sp³-hybridized carbons (Fsp3) is 0.462. The Morgan fingerprint density at radius 1 is 1.32 bits per heavy atom. The third-order valence-corrected chi connectivity index (χ3v) is 2.91. The van der Waals surface area contributed by atoms with Gasteiger partial charge < -0.3 is 20.4 Å². The molecule has 3 N–H and O–H groups in total. The van der Waals surface area contributed by atoms with Crippen LogP contribution in [0, 0.1) is 6.92 Å². The monoisotopic (exact) mass is 286 g/mol. The Morgan fingerprint density at radius 2 is 2.05 bits per heavy atom. The quantitative estimate of drug-likeness (QED) is 0.747. The van der Waals surface area contributed by atoms with Gasteiger partial charge >= 0.3 is 6.03 Å². The number of amides is 2. The maximum Gasteiger partial charge on any atom is 0.321 e. The standard InChI is InChI=1S/C13H19ClN2O3/c1-10-9-11(14)3-4-12(10)15-13(19)16(6-8-18)5-2-7-17/h3-4,9,17-18H,2,5-8H2,1H3,(H,15,19). The molecule has 106 valence electrons. The minimum absolute atomic E-state index is 0.00911. The molecule has 0 aliphatic rings. The van der Waals surface area contributed by atoms with E-state index in [4.69, 9.17) is 21.8 Å². The zero-order chi connectivity index (χ0) is 14.3. The van der Waals surface area contributed by atoms with Crippen molar-refractivity contribution in [3.05, 3.63) is 28.8 Å². The number of carbonyl (C=O) groups is 1. The molecule has 0 aliphatic carbocycles. The van der Waals surface area contributed by atoms with Crippen molar-refractivity contribution in [2.45, 2.75) is 13.3 Å². The van der Waals surface area contributed by atoms with E-state index in [0.29, 0.717) is 23.7 Å². The van der Waals surface area contributed by atoms with E-state index in [2.05, 4.69) is 5.32 Å². The summed E-state index contributed by atoms with van der Waals surface area (Å²) in [6, 6.07) is 4.90. The number of aliphatic hydroxyl groups is 2. The number of rotatable bonds is 6. The fourth-order valence-corrected chi connectivity index (χ4v) is 1.89. The molecular weight excluding hydrogens is 268 g/mol. The van der Waals surface area contributed by atoms with Crippen LogP contribution in [0.4, 0.5) is 10.5 Å². The predicted molar refractivity (Wildman–Crippen MR) is 75.6 cm³/mol. The van der Waals surface area contributed by atoms with Crippen molar-refractivity contribution in [2.24, 2.45) is 0 Å². The van der Waals surface area contributed by atoms with Gasteiger partial charge in [0, 0.05) is 30.4 Å². The highest BCUT2D eigenvalue weighted by Crippen LogP contribution is 2.19. The number of hydrogen-bond donors (Lipinski definition) is 3. The molecule has 0 unspecified atom stereocenters. The van der Waals surface area contributed by atoms with Crippen LogP contribution in [0.2, 0.25) is 5.02 Å². The largest absolute Gasteiger partial charge is 0.396 e. The highest BCUT2D eigenvalue weighted by molar-refractivity contribution is 6.30. The molecule has 0 aliphatic heterocycles. The third kappa shape index (κ3) is 5.06. The van der Waals surface area contributed by atoms with Crippen molar-refractivity contribution in [3.8, 4) is 0 Å². The molecule has 0 spiro atoms. The number of halogens is 1. The average Bonchev–Trinajstić information content (AvgIpc) is 2.37. The summed E-state index contributed by atoms with van der Waals surface area (Å²) in [5.74, 6) is 0. The zero-order valence-corrected chi connectivity index (χ0v) is 11.7. The Balaban J connectivity index is 2.69. The van der Waals surface area contributed by atoms with E-state index in [1.807, 2.05) is 6.92 Å². The van der Waals surface area contributed by atoms with Gasteiger partial charge in [0.25, 0.3) is 0 Å². The Morgan fingerprint density at radius 3 is 2.63 bits per heavy atom. The Kier molecular flexibility index (Phi) is 6.62. The van der Waals surface area contributed by atoms with Gasteiger partial charge in [0.15, 0.2) is 0 Å². The lowest BCUT2D eigenvalue weighted by Crippen LogP contribution is -2.38. The first-order chi connectivity index (χ1) is 9.08. The normalized spacial score (nSPS) is 10.3. The summed E-state index contributed by atoms with van der Waals surface area (Å²) in [5, 5.41) is 21.1. The number of carbonyl (C=O) groups excluding carboxylic acids is 1. The van der Waals surface area contributed by atoms with Gasteiger partial charge in [-0.05, 0) is 37.1 Å². The van der Waals surface area contributed by atoms with Crippen LogP contribution in [0.3, 0.4) is 0 Å². The summed E-state index contributed by atoms with van der Waals surface area (Å²) in [7, 11) is 0. The maximum absolute atomic E-state index is 12.0. The Hall–Kier alpha value is -1.30. The summed E-state index contributed by atoms with van der Waals surface area (Å²) < 4.78 is 0. The molecule has 0 bridgehead atoms. The topological polar surface area (TPSA) is 72.8 Å².